The van der Waals surface area contributed by atoms with E-state index in [0.29, 0.717) is 0 Å². The van der Waals surface area contributed by atoms with Crippen molar-refractivity contribution in [2.75, 3.05) is 0 Å². The second kappa shape index (κ2) is 4.00. The highest BCUT2D eigenvalue weighted by Crippen LogP contribution is 2.23. The third-order valence-electron chi connectivity index (χ3n) is 2.45. The third kappa shape index (κ3) is 2.24. The number of aromatic nitrogens is 3. The molecule has 2 aromatic heterocycles. The molecule has 3 heteroatoms. The zero-order chi connectivity index (χ0) is 11.6. The van der Waals surface area contributed by atoms with Gasteiger partial charge in [-0.25, -0.2) is 0 Å². The first kappa shape index (κ1) is 10.7. The highest BCUT2D eigenvalue weighted by molar-refractivity contribution is 5.54. The van der Waals surface area contributed by atoms with Gasteiger partial charge in [-0.3, -0.25) is 4.98 Å². The predicted octanol–water partition coefficient (Wildman–Crippen LogP) is 2.84. The molecule has 2 aromatic rings. The molecule has 0 bridgehead atoms. The van der Waals surface area contributed by atoms with Crippen LogP contribution in [-0.4, -0.2) is 15.2 Å². The zero-order valence-electron chi connectivity index (χ0n) is 9.81. The Kier molecular flexibility index (Phi) is 2.69. The standard InChI is InChI=1S/C13H15N3/c1-13(2,3)10-8-12(16-15-9-10)11-6-4-5-7-14-11/h4-9H,1-3H3. The Bertz CT molecular complexity index is 472. The van der Waals surface area contributed by atoms with Crippen molar-refractivity contribution in [1.29, 1.82) is 0 Å². The second-order valence-electron chi connectivity index (χ2n) is 4.79. The van der Waals surface area contributed by atoms with Crippen LogP contribution in [-0.2, 0) is 5.41 Å². The van der Waals surface area contributed by atoms with Crippen LogP contribution in [0.1, 0.15) is 26.3 Å². The summed E-state index contributed by atoms with van der Waals surface area (Å²) < 4.78 is 0. The first-order chi connectivity index (χ1) is 7.57. The average molecular weight is 213 g/mol. The van der Waals surface area contributed by atoms with Gasteiger partial charge in [-0.2, -0.15) is 5.10 Å². The van der Waals surface area contributed by atoms with Crippen LogP contribution in [0.15, 0.2) is 36.7 Å². The highest BCUT2D eigenvalue weighted by Gasteiger charge is 2.15. The smallest absolute Gasteiger partial charge is 0.112 e. The Morgan fingerprint density at radius 2 is 1.88 bits per heavy atom. The van der Waals surface area contributed by atoms with E-state index >= 15 is 0 Å². The third-order valence-corrected chi connectivity index (χ3v) is 2.45. The van der Waals surface area contributed by atoms with Crippen molar-refractivity contribution in [2.24, 2.45) is 0 Å². The molecule has 0 radical (unpaired) electrons. The van der Waals surface area contributed by atoms with Crippen LogP contribution in [0.5, 0.6) is 0 Å². The lowest BCUT2D eigenvalue weighted by Gasteiger charge is -2.18. The largest absolute Gasteiger partial charge is 0.255 e. The van der Waals surface area contributed by atoms with Crippen LogP contribution in [0.3, 0.4) is 0 Å². The summed E-state index contributed by atoms with van der Waals surface area (Å²) in [5.74, 6) is 0. The lowest BCUT2D eigenvalue weighted by molar-refractivity contribution is 0.585. The maximum Gasteiger partial charge on any atom is 0.112 e. The second-order valence-corrected chi connectivity index (χ2v) is 4.79. The van der Waals surface area contributed by atoms with E-state index in [9.17, 15) is 0 Å². The van der Waals surface area contributed by atoms with E-state index in [0.717, 1.165) is 11.4 Å². The Morgan fingerprint density at radius 3 is 2.50 bits per heavy atom. The minimum absolute atomic E-state index is 0.0828. The number of nitrogens with zero attached hydrogens (tertiary/aromatic N) is 3. The van der Waals surface area contributed by atoms with Crippen molar-refractivity contribution in [3.63, 3.8) is 0 Å². The van der Waals surface area contributed by atoms with Crippen molar-refractivity contribution in [3.8, 4) is 11.4 Å². The Morgan fingerprint density at radius 1 is 1.06 bits per heavy atom. The van der Waals surface area contributed by atoms with Crippen LogP contribution >= 0.6 is 0 Å². The monoisotopic (exact) mass is 213 g/mol. The lowest BCUT2D eigenvalue weighted by atomic mass is 9.88. The van der Waals surface area contributed by atoms with Crippen LogP contribution in [0.25, 0.3) is 11.4 Å². The van der Waals surface area contributed by atoms with Gasteiger partial charge in [-0.05, 0) is 29.2 Å². The van der Waals surface area contributed by atoms with Gasteiger partial charge in [0.2, 0.25) is 0 Å². The van der Waals surface area contributed by atoms with Gasteiger partial charge in [0.25, 0.3) is 0 Å². The van der Waals surface area contributed by atoms with Gasteiger partial charge in [-0.15, -0.1) is 5.10 Å². The molecular formula is C13H15N3. The lowest BCUT2D eigenvalue weighted by Crippen LogP contribution is -2.12. The predicted molar refractivity (Wildman–Crippen MR) is 64.0 cm³/mol. The van der Waals surface area contributed by atoms with E-state index < -0.39 is 0 Å². The molecule has 2 heterocycles. The summed E-state index contributed by atoms with van der Waals surface area (Å²) in [6.07, 6.45) is 3.58. The Balaban J connectivity index is 2.45. The van der Waals surface area contributed by atoms with Gasteiger partial charge < -0.3 is 0 Å². The molecule has 0 amide bonds. The van der Waals surface area contributed by atoms with Crippen LogP contribution in [0, 0.1) is 0 Å². The summed E-state index contributed by atoms with van der Waals surface area (Å²) in [6, 6.07) is 7.84. The topological polar surface area (TPSA) is 38.7 Å². The molecule has 16 heavy (non-hydrogen) atoms. The minimum atomic E-state index is 0.0828. The molecule has 0 atom stereocenters. The molecule has 0 aliphatic carbocycles. The van der Waals surface area contributed by atoms with Gasteiger partial charge in [0.1, 0.15) is 5.69 Å². The first-order valence-electron chi connectivity index (χ1n) is 5.32. The van der Waals surface area contributed by atoms with Gasteiger partial charge in [0.15, 0.2) is 0 Å². The summed E-state index contributed by atoms with van der Waals surface area (Å²) in [6.45, 7) is 6.48. The molecule has 0 saturated heterocycles. The average Bonchev–Trinajstić information content (AvgIpc) is 2.29. The molecule has 2 rings (SSSR count). The fourth-order valence-electron chi connectivity index (χ4n) is 1.42. The number of pyridine rings is 1. The molecule has 0 aliphatic heterocycles. The maximum atomic E-state index is 4.27. The number of rotatable bonds is 1. The molecule has 0 aliphatic rings. The van der Waals surface area contributed by atoms with E-state index in [1.54, 1.807) is 6.20 Å². The fraction of sp³-hybridized carbons (Fsp3) is 0.308. The molecular weight excluding hydrogens is 198 g/mol. The molecule has 0 fully saturated rings. The van der Waals surface area contributed by atoms with E-state index in [1.807, 2.05) is 24.4 Å². The van der Waals surface area contributed by atoms with E-state index in [2.05, 4.69) is 42.0 Å². The number of hydrogen-bond acceptors (Lipinski definition) is 3. The quantitative estimate of drug-likeness (QED) is 0.731. The SMILES string of the molecule is CC(C)(C)c1cnnc(-c2ccccn2)c1. The summed E-state index contributed by atoms with van der Waals surface area (Å²) in [4.78, 5) is 4.27. The Hall–Kier alpha value is -1.77. The van der Waals surface area contributed by atoms with Crippen LogP contribution in [0.4, 0.5) is 0 Å². The fourth-order valence-corrected chi connectivity index (χ4v) is 1.42. The van der Waals surface area contributed by atoms with Gasteiger partial charge in [-0.1, -0.05) is 26.8 Å². The van der Waals surface area contributed by atoms with E-state index in [-0.39, 0.29) is 5.41 Å². The molecule has 0 unspecified atom stereocenters. The molecule has 82 valence electrons. The minimum Gasteiger partial charge on any atom is -0.255 e. The van der Waals surface area contributed by atoms with Crippen molar-refractivity contribution < 1.29 is 0 Å². The summed E-state index contributed by atoms with van der Waals surface area (Å²) in [7, 11) is 0. The van der Waals surface area contributed by atoms with Gasteiger partial charge >= 0.3 is 0 Å². The molecule has 0 saturated carbocycles. The first-order valence-corrected chi connectivity index (χ1v) is 5.32. The normalized spacial score (nSPS) is 11.4. The Labute approximate surface area is 95.6 Å². The van der Waals surface area contributed by atoms with E-state index in [4.69, 9.17) is 0 Å². The molecule has 0 aromatic carbocycles. The van der Waals surface area contributed by atoms with Crippen LogP contribution in [0.2, 0.25) is 0 Å². The molecule has 0 N–H and O–H groups in total. The van der Waals surface area contributed by atoms with Crippen molar-refractivity contribution in [1.82, 2.24) is 15.2 Å². The van der Waals surface area contributed by atoms with Crippen molar-refractivity contribution >= 4 is 0 Å². The van der Waals surface area contributed by atoms with Crippen molar-refractivity contribution in [3.05, 3.63) is 42.2 Å². The van der Waals surface area contributed by atoms with Gasteiger partial charge in [0.05, 0.1) is 11.9 Å². The van der Waals surface area contributed by atoms with Crippen LogP contribution < -0.4 is 0 Å². The zero-order valence-corrected chi connectivity index (χ0v) is 9.81. The highest BCUT2D eigenvalue weighted by atomic mass is 15.1. The molecule has 0 spiro atoms. The maximum absolute atomic E-state index is 4.27. The summed E-state index contributed by atoms with van der Waals surface area (Å²) in [5, 5.41) is 8.15. The summed E-state index contributed by atoms with van der Waals surface area (Å²) >= 11 is 0. The molecule has 3 nitrogen and oxygen atoms in total. The number of hydrogen-bond donors (Lipinski definition) is 0. The van der Waals surface area contributed by atoms with E-state index in [1.165, 1.54) is 5.56 Å². The van der Waals surface area contributed by atoms with Gasteiger partial charge in [0, 0.05) is 6.20 Å². The van der Waals surface area contributed by atoms with Crippen molar-refractivity contribution in [2.45, 2.75) is 26.2 Å². The summed E-state index contributed by atoms with van der Waals surface area (Å²) in [5.41, 5.74) is 2.94.